The van der Waals surface area contributed by atoms with Crippen LogP contribution in [0, 0.1) is 6.92 Å². The average Bonchev–Trinajstić information content (AvgIpc) is 2.54. The number of nitrogens with zero attached hydrogens (tertiary/aromatic N) is 1. The van der Waals surface area contributed by atoms with Gasteiger partial charge in [-0.05, 0) is 31.0 Å². The minimum absolute atomic E-state index is 1.08. The summed E-state index contributed by atoms with van der Waals surface area (Å²) in [6.07, 6.45) is 5.39. The summed E-state index contributed by atoms with van der Waals surface area (Å²) in [7, 11) is 0. The van der Waals surface area contributed by atoms with Gasteiger partial charge in [0.05, 0.1) is 15.2 Å². The Balaban J connectivity index is 2.45. The third kappa shape index (κ3) is 1.85. The first-order valence-electron chi connectivity index (χ1n) is 4.83. The van der Waals surface area contributed by atoms with E-state index >= 15 is 0 Å². The highest BCUT2D eigenvalue weighted by Crippen LogP contribution is 2.22. The number of aromatic nitrogens is 1. The first-order chi connectivity index (χ1) is 6.79. The number of hydrogen-bond acceptors (Lipinski definition) is 2. The van der Waals surface area contributed by atoms with Crippen LogP contribution in [0.4, 0.5) is 0 Å². The number of thiazole rings is 1. The monoisotopic (exact) mass is 203 g/mol. The third-order valence-electron chi connectivity index (χ3n) is 2.06. The van der Waals surface area contributed by atoms with Crippen molar-refractivity contribution in [1.29, 1.82) is 0 Å². The number of benzene rings is 1. The van der Waals surface area contributed by atoms with E-state index in [-0.39, 0.29) is 0 Å². The van der Waals surface area contributed by atoms with Gasteiger partial charge in [-0.2, -0.15) is 0 Å². The molecule has 0 unspecified atom stereocenters. The van der Waals surface area contributed by atoms with Crippen LogP contribution in [0.5, 0.6) is 0 Å². The molecule has 1 aromatic carbocycles. The molecule has 0 saturated carbocycles. The van der Waals surface area contributed by atoms with E-state index in [1.54, 1.807) is 11.3 Å². The molecule has 0 aliphatic carbocycles. The number of aryl methyl sites for hydroxylation is 1. The Morgan fingerprint density at radius 3 is 3.07 bits per heavy atom. The minimum Gasteiger partial charge on any atom is -0.241 e. The molecule has 0 radical (unpaired) electrons. The molecular weight excluding hydrogens is 190 g/mol. The van der Waals surface area contributed by atoms with Crippen LogP contribution in [-0.2, 0) is 0 Å². The van der Waals surface area contributed by atoms with Crippen molar-refractivity contribution in [1.82, 2.24) is 4.98 Å². The molecule has 1 nitrogen and oxygen atoms in total. The minimum atomic E-state index is 1.08. The normalized spacial score (nSPS) is 11.6. The second kappa shape index (κ2) is 3.93. The zero-order chi connectivity index (χ0) is 9.97. The molecule has 2 heteroatoms. The molecule has 0 saturated heterocycles. The zero-order valence-corrected chi connectivity index (χ0v) is 9.27. The van der Waals surface area contributed by atoms with Gasteiger partial charge in [0.1, 0.15) is 0 Å². The highest BCUT2D eigenvalue weighted by Gasteiger charge is 1.99. The first-order valence-corrected chi connectivity index (χ1v) is 5.65. The van der Waals surface area contributed by atoms with E-state index in [2.05, 4.69) is 42.3 Å². The lowest BCUT2D eigenvalue weighted by Crippen LogP contribution is -1.73. The van der Waals surface area contributed by atoms with E-state index in [1.165, 1.54) is 10.3 Å². The van der Waals surface area contributed by atoms with E-state index in [0.29, 0.717) is 0 Å². The van der Waals surface area contributed by atoms with Crippen LogP contribution in [0.3, 0.4) is 0 Å². The first kappa shape index (κ1) is 9.41. The van der Waals surface area contributed by atoms with E-state index in [9.17, 15) is 0 Å². The fraction of sp³-hybridized carbons (Fsp3) is 0.250. The Bertz CT molecular complexity index is 468. The van der Waals surface area contributed by atoms with E-state index in [0.717, 1.165) is 16.9 Å². The lowest BCUT2D eigenvalue weighted by atomic mass is 10.2. The van der Waals surface area contributed by atoms with Crippen LogP contribution in [-0.4, -0.2) is 4.98 Å². The van der Waals surface area contributed by atoms with Gasteiger partial charge in [0.15, 0.2) is 0 Å². The summed E-state index contributed by atoms with van der Waals surface area (Å²) in [5, 5.41) is 1.14. The maximum atomic E-state index is 4.47. The van der Waals surface area contributed by atoms with Gasteiger partial charge in [-0.15, -0.1) is 11.3 Å². The van der Waals surface area contributed by atoms with Crippen molar-refractivity contribution in [3.05, 3.63) is 34.8 Å². The summed E-state index contributed by atoms with van der Waals surface area (Å²) >= 11 is 1.75. The largest absolute Gasteiger partial charge is 0.241 e. The second-order valence-electron chi connectivity index (χ2n) is 3.27. The molecule has 0 spiro atoms. The van der Waals surface area contributed by atoms with Crippen molar-refractivity contribution in [2.24, 2.45) is 0 Å². The van der Waals surface area contributed by atoms with Crippen LogP contribution >= 0.6 is 11.3 Å². The Kier molecular flexibility index (Phi) is 2.64. The quantitative estimate of drug-likeness (QED) is 0.718. The SMILES string of the molecule is CCC=Cc1ccc2sc(C)nc2c1. The van der Waals surface area contributed by atoms with Gasteiger partial charge in [-0.25, -0.2) is 4.98 Å². The summed E-state index contributed by atoms with van der Waals surface area (Å²) in [6.45, 7) is 4.19. The number of rotatable bonds is 2. The highest BCUT2D eigenvalue weighted by atomic mass is 32.1. The molecule has 0 amide bonds. The van der Waals surface area contributed by atoms with Crippen molar-refractivity contribution >= 4 is 27.6 Å². The van der Waals surface area contributed by atoms with Crippen LogP contribution in [0.15, 0.2) is 24.3 Å². The topological polar surface area (TPSA) is 12.9 Å². The van der Waals surface area contributed by atoms with Crippen LogP contribution in [0.1, 0.15) is 23.9 Å². The number of fused-ring (bicyclic) bond motifs is 1. The van der Waals surface area contributed by atoms with E-state index < -0.39 is 0 Å². The molecule has 1 aromatic heterocycles. The molecule has 14 heavy (non-hydrogen) atoms. The summed E-state index contributed by atoms with van der Waals surface area (Å²) in [4.78, 5) is 4.47. The molecule has 72 valence electrons. The van der Waals surface area contributed by atoms with Crippen molar-refractivity contribution in [2.45, 2.75) is 20.3 Å². The molecule has 0 fully saturated rings. The molecule has 1 heterocycles. The molecule has 2 rings (SSSR count). The maximum absolute atomic E-state index is 4.47. The lowest BCUT2D eigenvalue weighted by molar-refractivity contribution is 1.23. The predicted molar refractivity (Wildman–Crippen MR) is 63.7 cm³/mol. The molecular formula is C12H13NS. The van der Waals surface area contributed by atoms with Gasteiger partial charge < -0.3 is 0 Å². The second-order valence-corrected chi connectivity index (χ2v) is 4.51. The summed E-state index contributed by atoms with van der Waals surface area (Å²) in [6, 6.07) is 6.44. The molecule has 0 aliphatic rings. The molecule has 0 atom stereocenters. The highest BCUT2D eigenvalue weighted by molar-refractivity contribution is 7.18. The molecule has 2 aromatic rings. The summed E-state index contributed by atoms with van der Waals surface area (Å²) in [5.41, 5.74) is 2.36. The van der Waals surface area contributed by atoms with Crippen LogP contribution in [0.2, 0.25) is 0 Å². The van der Waals surface area contributed by atoms with Crippen molar-refractivity contribution in [3.63, 3.8) is 0 Å². The Hall–Kier alpha value is -1.15. The molecule has 0 bridgehead atoms. The van der Waals surface area contributed by atoms with Gasteiger partial charge in [0.2, 0.25) is 0 Å². The molecule has 0 aliphatic heterocycles. The Morgan fingerprint density at radius 2 is 2.29 bits per heavy atom. The maximum Gasteiger partial charge on any atom is 0.0907 e. The molecule has 0 N–H and O–H groups in total. The Labute approximate surface area is 88.1 Å². The van der Waals surface area contributed by atoms with E-state index in [1.807, 2.05) is 6.92 Å². The van der Waals surface area contributed by atoms with Crippen LogP contribution in [0.25, 0.3) is 16.3 Å². The van der Waals surface area contributed by atoms with Gasteiger partial charge in [-0.1, -0.05) is 25.1 Å². The third-order valence-corrected chi connectivity index (χ3v) is 3.02. The Morgan fingerprint density at radius 1 is 1.43 bits per heavy atom. The fourth-order valence-corrected chi connectivity index (χ4v) is 2.22. The predicted octanol–water partition coefficient (Wildman–Crippen LogP) is 4.03. The summed E-state index contributed by atoms with van der Waals surface area (Å²) < 4.78 is 1.27. The van der Waals surface area contributed by atoms with Crippen molar-refractivity contribution in [3.8, 4) is 0 Å². The standard InChI is InChI=1S/C12H13NS/c1-3-4-5-10-6-7-12-11(8-10)13-9(2)14-12/h4-8H,3H2,1-2H3. The van der Waals surface area contributed by atoms with Gasteiger partial charge in [0, 0.05) is 0 Å². The zero-order valence-electron chi connectivity index (χ0n) is 8.45. The number of allylic oxidation sites excluding steroid dienone is 1. The average molecular weight is 203 g/mol. The fourth-order valence-electron chi connectivity index (χ4n) is 1.42. The van der Waals surface area contributed by atoms with Gasteiger partial charge in [0.25, 0.3) is 0 Å². The number of hydrogen-bond donors (Lipinski definition) is 0. The lowest BCUT2D eigenvalue weighted by Gasteiger charge is -1.92. The van der Waals surface area contributed by atoms with Crippen LogP contribution < -0.4 is 0 Å². The van der Waals surface area contributed by atoms with E-state index in [4.69, 9.17) is 0 Å². The van der Waals surface area contributed by atoms with Gasteiger partial charge in [-0.3, -0.25) is 0 Å². The van der Waals surface area contributed by atoms with Crippen molar-refractivity contribution in [2.75, 3.05) is 0 Å². The van der Waals surface area contributed by atoms with Crippen molar-refractivity contribution < 1.29 is 0 Å². The smallest absolute Gasteiger partial charge is 0.0907 e. The van der Waals surface area contributed by atoms with Gasteiger partial charge >= 0.3 is 0 Å². The summed E-state index contributed by atoms with van der Waals surface area (Å²) in [5.74, 6) is 0.